The summed E-state index contributed by atoms with van der Waals surface area (Å²) in [5, 5.41) is 4.76. The Morgan fingerprint density at radius 1 is 1.00 bits per heavy atom. The van der Waals surface area contributed by atoms with Crippen molar-refractivity contribution < 1.29 is 23.7 Å². The number of amides is 1. The first-order valence-electron chi connectivity index (χ1n) is 10.9. The number of methoxy groups -OCH3 is 1. The van der Waals surface area contributed by atoms with E-state index in [1.54, 1.807) is 31.5 Å². The van der Waals surface area contributed by atoms with E-state index in [0.29, 0.717) is 53.4 Å². The number of benzene rings is 3. The second-order valence-corrected chi connectivity index (χ2v) is 8.78. The van der Waals surface area contributed by atoms with Crippen LogP contribution >= 0.6 is 34.2 Å². The molecule has 3 aromatic rings. The van der Waals surface area contributed by atoms with Crippen molar-refractivity contribution in [2.24, 2.45) is 5.10 Å². The first-order valence-corrected chi connectivity index (χ1v) is 12.4. The standard InChI is InChI=1S/C26H26ClIN2O5/c1-4-33-23-14-19(9-10-22(23)32-3)26(31)30-29-15-18-12-21(28)25(24(13-18)34-5-2)35-16-17-7-6-8-20(27)11-17/h6-15H,4-5,16H2,1-3H3,(H,30,31)/b29-15+. The maximum Gasteiger partial charge on any atom is 0.271 e. The first kappa shape index (κ1) is 26.6. The Labute approximate surface area is 223 Å². The number of halogens is 2. The molecule has 184 valence electrons. The third-order valence-electron chi connectivity index (χ3n) is 4.71. The highest BCUT2D eigenvalue weighted by molar-refractivity contribution is 14.1. The van der Waals surface area contributed by atoms with Crippen LogP contribution in [0.3, 0.4) is 0 Å². The summed E-state index contributed by atoms with van der Waals surface area (Å²) in [4.78, 5) is 12.5. The van der Waals surface area contributed by atoms with Crippen LogP contribution in [0.15, 0.2) is 59.7 Å². The summed E-state index contributed by atoms with van der Waals surface area (Å²) in [7, 11) is 1.55. The molecule has 0 aliphatic rings. The molecule has 0 aliphatic heterocycles. The minimum atomic E-state index is -0.369. The molecule has 1 amide bonds. The monoisotopic (exact) mass is 608 g/mol. The van der Waals surface area contributed by atoms with Crippen LogP contribution in [-0.2, 0) is 6.61 Å². The molecule has 9 heteroatoms. The lowest BCUT2D eigenvalue weighted by molar-refractivity contribution is 0.0954. The predicted octanol–water partition coefficient (Wildman–Crippen LogP) is 6.09. The van der Waals surface area contributed by atoms with Crippen molar-refractivity contribution in [2.45, 2.75) is 20.5 Å². The second-order valence-electron chi connectivity index (χ2n) is 7.18. The van der Waals surface area contributed by atoms with Crippen LogP contribution in [0.5, 0.6) is 23.0 Å². The van der Waals surface area contributed by atoms with Gasteiger partial charge in [0.05, 0.1) is 30.1 Å². The first-order chi connectivity index (χ1) is 16.9. The van der Waals surface area contributed by atoms with Gasteiger partial charge in [0.15, 0.2) is 23.0 Å². The lowest BCUT2D eigenvalue weighted by atomic mass is 10.2. The van der Waals surface area contributed by atoms with Crippen molar-refractivity contribution in [1.82, 2.24) is 5.43 Å². The molecule has 7 nitrogen and oxygen atoms in total. The number of ether oxygens (including phenoxy) is 4. The zero-order valence-electron chi connectivity index (χ0n) is 19.6. The minimum Gasteiger partial charge on any atom is -0.493 e. The second kappa shape index (κ2) is 13.2. The van der Waals surface area contributed by atoms with Crippen molar-refractivity contribution in [3.63, 3.8) is 0 Å². The highest BCUT2D eigenvalue weighted by Gasteiger charge is 2.13. The SMILES string of the molecule is CCOc1cc(C(=O)N/N=C/c2cc(I)c(OCc3cccc(Cl)c3)c(OCC)c2)ccc1OC. The van der Waals surface area contributed by atoms with Crippen LogP contribution in [-0.4, -0.2) is 32.4 Å². The van der Waals surface area contributed by atoms with Gasteiger partial charge in [-0.1, -0.05) is 23.7 Å². The van der Waals surface area contributed by atoms with Gasteiger partial charge in [0.1, 0.15) is 6.61 Å². The van der Waals surface area contributed by atoms with Crippen LogP contribution in [0.2, 0.25) is 5.02 Å². The Morgan fingerprint density at radius 2 is 1.77 bits per heavy atom. The molecule has 3 rings (SSSR count). The van der Waals surface area contributed by atoms with E-state index in [0.717, 1.165) is 14.7 Å². The molecule has 0 spiro atoms. The van der Waals surface area contributed by atoms with Crippen molar-refractivity contribution in [3.05, 3.63) is 79.9 Å². The maximum absolute atomic E-state index is 12.5. The van der Waals surface area contributed by atoms with Crippen molar-refractivity contribution in [3.8, 4) is 23.0 Å². The van der Waals surface area contributed by atoms with Gasteiger partial charge in [0.2, 0.25) is 0 Å². The number of nitrogens with one attached hydrogen (secondary N) is 1. The highest BCUT2D eigenvalue weighted by atomic mass is 127. The van der Waals surface area contributed by atoms with Gasteiger partial charge in [-0.05, 0) is 90.0 Å². The fourth-order valence-corrected chi connectivity index (χ4v) is 4.16. The smallest absolute Gasteiger partial charge is 0.271 e. The molecule has 0 heterocycles. The number of hydrogen-bond donors (Lipinski definition) is 1. The Morgan fingerprint density at radius 3 is 2.49 bits per heavy atom. The molecule has 0 unspecified atom stereocenters. The number of carbonyl (C=O) groups excluding carboxylic acids is 1. The van der Waals surface area contributed by atoms with E-state index in [-0.39, 0.29) is 5.91 Å². The summed E-state index contributed by atoms with van der Waals surface area (Å²) in [6.45, 7) is 5.05. The average Bonchev–Trinajstić information content (AvgIpc) is 2.84. The summed E-state index contributed by atoms with van der Waals surface area (Å²) < 4.78 is 23.5. The summed E-state index contributed by atoms with van der Waals surface area (Å²) in [6, 6.07) is 16.2. The number of hydrogen-bond acceptors (Lipinski definition) is 6. The molecule has 35 heavy (non-hydrogen) atoms. The lowest BCUT2D eigenvalue weighted by Gasteiger charge is -2.15. The maximum atomic E-state index is 12.5. The van der Waals surface area contributed by atoms with Crippen LogP contribution in [0.25, 0.3) is 0 Å². The topological polar surface area (TPSA) is 78.4 Å². The summed E-state index contributed by atoms with van der Waals surface area (Å²) in [6.07, 6.45) is 1.55. The summed E-state index contributed by atoms with van der Waals surface area (Å²) >= 11 is 8.25. The van der Waals surface area contributed by atoms with Gasteiger partial charge >= 0.3 is 0 Å². The molecule has 0 fully saturated rings. The zero-order valence-corrected chi connectivity index (χ0v) is 22.6. The van der Waals surface area contributed by atoms with Gasteiger partial charge in [-0.25, -0.2) is 5.43 Å². The number of rotatable bonds is 11. The molecule has 0 aromatic heterocycles. The Bertz CT molecular complexity index is 1200. The van der Waals surface area contributed by atoms with Gasteiger partial charge in [-0.2, -0.15) is 5.10 Å². The molecule has 3 aromatic carbocycles. The average molecular weight is 609 g/mol. The molecular formula is C26H26ClIN2O5. The van der Waals surface area contributed by atoms with E-state index >= 15 is 0 Å². The highest BCUT2D eigenvalue weighted by Crippen LogP contribution is 2.34. The number of nitrogens with zero attached hydrogens (tertiary/aromatic N) is 1. The van der Waals surface area contributed by atoms with Crippen LogP contribution in [0.1, 0.15) is 35.3 Å². The van der Waals surface area contributed by atoms with Gasteiger partial charge in [-0.3, -0.25) is 4.79 Å². The third-order valence-corrected chi connectivity index (χ3v) is 5.75. The van der Waals surface area contributed by atoms with Crippen molar-refractivity contribution in [2.75, 3.05) is 20.3 Å². The largest absolute Gasteiger partial charge is 0.493 e. The molecule has 0 saturated heterocycles. The Balaban J connectivity index is 1.72. The van der Waals surface area contributed by atoms with E-state index in [9.17, 15) is 4.79 Å². The van der Waals surface area contributed by atoms with Gasteiger partial charge in [0, 0.05) is 10.6 Å². The van der Waals surface area contributed by atoms with Gasteiger partial charge < -0.3 is 18.9 Å². The van der Waals surface area contributed by atoms with Crippen molar-refractivity contribution in [1.29, 1.82) is 0 Å². The third kappa shape index (κ3) is 7.50. The van der Waals surface area contributed by atoms with E-state index in [1.807, 2.05) is 50.2 Å². The molecular weight excluding hydrogens is 583 g/mol. The number of hydrazone groups is 1. The van der Waals surface area contributed by atoms with E-state index in [4.69, 9.17) is 30.5 Å². The molecule has 1 N–H and O–H groups in total. The zero-order chi connectivity index (χ0) is 25.2. The fourth-order valence-electron chi connectivity index (χ4n) is 3.16. The summed E-state index contributed by atoms with van der Waals surface area (Å²) in [5.41, 5.74) is 4.64. The summed E-state index contributed by atoms with van der Waals surface area (Å²) in [5.74, 6) is 1.91. The molecule has 0 saturated carbocycles. The van der Waals surface area contributed by atoms with Gasteiger partial charge in [-0.15, -0.1) is 0 Å². The minimum absolute atomic E-state index is 0.353. The van der Waals surface area contributed by atoms with Crippen LogP contribution < -0.4 is 24.4 Å². The van der Waals surface area contributed by atoms with E-state index in [2.05, 4.69) is 33.1 Å². The molecule has 0 atom stereocenters. The van der Waals surface area contributed by atoms with Gasteiger partial charge in [0.25, 0.3) is 5.91 Å². The van der Waals surface area contributed by atoms with Crippen LogP contribution in [0.4, 0.5) is 0 Å². The molecule has 0 aliphatic carbocycles. The van der Waals surface area contributed by atoms with Crippen LogP contribution in [0, 0.1) is 3.57 Å². The predicted molar refractivity (Wildman–Crippen MR) is 145 cm³/mol. The normalized spacial score (nSPS) is 10.8. The Kier molecular flexibility index (Phi) is 10.0. The lowest BCUT2D eigenvalue weighted by Crippen LogP contribution is -2.17. The molecule has 0 bridgehead atoms. The fraction of sp³-hybridized carbons (Fsp3) is 0.231. The van der Waals surface area contributed by atoms with Crippen molar-refractivity contribution >= 4 is 46.3 Å². The quantitative estimate of drug-likeness (QED) is 0.162. The Hall–Kier alpha value is -2.98. The number of carbonyl (C=O) groups is 1. The van der Waals surface area contributed by atoms with E-state index < -0.39 is 0 Å². The molecule has 0 radical (unpaired) electrons. The van der Waals surface area contributed by atoms with E-state index in [1.165, 1.54) is 0 Å².